The van der Waals surface area contributed by atoms with E-state index in [4.69, 9.17) is 4.74 Å². The van der Waals surface area contributed by atoms with Crippen LogP contribution in [0.25, 0.3) is 11.0 Å². The Hall–Kier alpha value is -2.74. The van der Waals surface area contributed by atoms with Crippen LogP contribution in [-0.4, -0.2) is 64.7 Å². The molecule has 0 atom stereocenters. The van der Waals surface area contributed by atoms with E-state index in [-0.39, 0.29) is 12.2 Å². The number of pyridine rings is 1. The van der Waals surface area contributed by atoms with E-state index in [0.717, 1.165) is 32.7 Å². The molecule has 0 aromatic carbocycles. The molecular formula is C19H25N5O3. The highest BCUT2D eigenvalue weighted by Crippen LogP contribution is 2.16. The van der Waals surface area contributed by atoms with Crippen molar-refractivity contribution in [1.29, 1.82) is 0 Å². The highest BCUT2D eigenvalue weighted by molar-refractivity contribution is 5.93. The minimum absolute atomic E-state index is 0.0144. The van der Waals surface area contributed by atoms with Crippen molar-refractivity contribution in [1.82, 2.24) is 19.4 Å². The van der Waals surface area contributed by atoms with Gasteiger partial charge in [0, 0.05) is 51.7 Å². The van der Waals surface area contributed by atoms with Gasteiger partial charge < -0.3 is 14.2 Å². The Kier molecular flexibility index (Phi) is 5.85. The fourth-order valence-corrected chi connectivity index (χ4v) is 3.22. The Labute approximate surface area is 158 Å². The summed E-state index contributed by atoms with van der Waals surface area (Å²) >= 11 is 0. The Morgan fingerprint density at radius 3 is 2.67 bits per heavy atom. The van der Waals surface area contributed by atoms with E-state index in [9.17, 15) is 9.59 Å². The molecule has 0 radical (unpaired) electrons. The molecule has 1 aliphatic heterocycles. The van der Waals surface area contributed by atoms with Crippen molar-refractivity contribution < 1.29 is 9.53 Å². The van der Waals surface area contributed by atoms with Crippen LogP contribution in [0.4, 0.5) is 5.95 Å². The van der Waals surface area contributed by atoms with E-state index >= 15 is 0 Å². The van der Waals surface area contributed by atoms with E-state index in [1.54, 1.807) is 11.5 Å². The second-order valence-corrected chi connectivity index (χ2v) is 6.36. The monoisotopic (exact) mass is 371 g/mol. The average Bonchev–Trinajstić information content (AvgIpc) is 2.69. The van der Waals surface area contributed by atoms with Gasteiger partial charge >= 0.3 is 5.97 Å². The molecule has 3 heterocycles. The molecule has 0 spiro atoms. The van der Waals surface area contributed by atoms with Crippen molar-refractivity contribution in [2.45, 2.75) is 20.4 Å². The molecule has 1 aliphatic rings. The summed E-state index contributed by atoms with van der Waals surface area (Å²) in [7, 11) is 0. The van der Waals surface area contributed by atoms with Gasteiger partial charge in [-0.15, -0.1) is 6.58 Å². The van der Waals surface area contributed by atoms with Gasteiger partial charge in [0.1, 0.15) is 11.2 Å². The average molecular weight is 371 g/mol. The Morgan fingerprint density at radius 2 is 2.04 bits per heavy atom. The molecule has 2 aromatic rings. The lowest BCUT2D eigenvalue weighted by molar-refractivity contribution is 0.0524. The predicted octanol–water partition coefficient (Wildman–Crippen LogP) is 1.30. The zero-order valence-corrected chi connectivity index (χ0v) is 15.8. The van der Waals surface area contributed by atoms with Gasteiger partial charge in [0.25, 0.3) is 0 Å². The van der Waals surface area contributed by atoms with Crippen LogP contribution in [0.5, 0.6) is 0 Å². The molecule has 0 unspecified atom stereocenters. The summed E-state index contributed by atoms with van der Waals surface area (Å²) in [6.07, 6.45) is 4.95. The van der Waals surface area contributed by atoms with Crippen molar-refractivity contribution in [2.24, 2.45) is 0 Å². The number of ether oxygens (including phenoxy) is 1. The molecule has 0 bridgehead atoms. The van der Waals surface area contributed by atoms with E-state index in [2.05, 4.69) is 26.3 Å². The summed E-state index contributed by atoms with van der Waals surface area (Å²) in [5.74, 6) is -0.0137. The van der Waals surface area contributed by atoms with Gasteiger partial charge in [0.15, 0.2) is 0 Å². The van der Waals surface area contributed by atoms with Gasteiger partial charge in [-0.3, -0.25) is 9.69 Å². The molecule has 3 rings (SSSR count). The lowest BCUT2D eigenvalue weighted by atomic mass is 10.2. The molecular weight excluding hydrogens is 346 g/mol. The van der Waals surface area contributed by atoms with Crippen LogP contribution < -0.4 is 10.3 Å². The standard InChI is InChI=1S/C19H25N5O3/c1-4-7-22-8-10-24(11-9-22)19-20-12-14-16(25)15(18(26)27-6-3)13-23(5-2)17(14)21-19/h4,12-13H,1,5-11H2,2-3H3. The molecule has 144 valence electrons. The normalized spacial score (nSPS) is 15.1. The highest BCUT2D eigenvalue weighted by atomic mass is 16.5. The first-order valence-corrected chi connectivity index (χ1v) is 9.24. The smallest absolute Gasteiger partial charge is 0.343 e. The molecule has 27 heavy (non-hydrogen) atoms. The number of piperazine rings is 1. The number of carbonyl (C=O) groups excluding carboxylic acids is 1. The number of fused-ring (bicyclic) bond motifs is 1. The van der Waals surface area contributed by atoms with Gasteiger partial charge in [0.2, 0.25) is 11.4 Å². The van der Waals surface area contributed by atoms with Crippen LogP contribution >= 0.6 is 0 Å². The molecule has 0 saturated carbocycles. The number of esters is 1. The van der Waals surface area contributed by atoms with Crippen LogP contribution in [0, 0.1) is 0 Å². The molecule has 0 aliphatic carbocycles. The van der Waals surface area contributed by atoms with Gasteiger partial charge in [0.05, 0.1) is 12.0 Å². The van der Waals surface area contributed by atoms with Crippen molar-refractivity contribution >= 4 is 23.0 Å². The van der Waals surface area contributed by atoms with Crippen LogP contribution in [0.15, 0.2) is 29.8 Å². The maximum absolute atomic E-state index is 12.7. The quantitative estimate of drug-likeness (QED) is 0.559. The largest absolute Gasteiger partial charge is 0.462 e. The third-order valence-electron chi connectivity index (χ3n) is 4.68. The van der Waals surface area contributed by atoms with E-state index in [0.29, 0.717) is 23.5 Å². The second-order valence-electron chi connectivity index (χ2n) is 6.36. The van der Waals surface area contributed by atoms with Crippen molar-refractivity contribution in [3.63, 3.8) is 0 Å². The predicted molar refractivity (Wildman–Crippen MR) is 104 cm³/mol. The number of aromatic nitrogens is 3. The highest BCUT2D eigenvalue weighted by Gasteiger charge is 2.21. The van der Waals surface area contributed by atoms with Crippen LogP contribution in [0.3, 0.4) is 0 Å². The number of aryl methyl sites for hydroxylation is 1. The minimum Gasteiger partial charge on any atom is -0.462 e. The van der Waals surface area contributed by atoms with Gasteiger partial charge in [-0.1, -0.05) is 6.08 Å². The van der Waals surface area contributed by atoms with Crippen LogP contribution in [0.1, 0.15) is 24.2 Å². The number of hydrogen-bond acceptors (Lipinski definition) is 7. The maximum atomic E-state index is 12.7. The lowest BCUT2D eigenvalue weighted by Crippen LogP contribution is -2.47. The first-order valence-electron chi connectivity index (χ1n) is 9.24. The third kappa shape index (κ3) is 3.85. The summed E-state index contributed by atoms with van der Waals surface area (Å²) in [5, 5.41) is 0.330. The number of rotatable bonds is 6. The molecule has 0 amide bonds. The first kappa shape index (κ1) is 19.0. The summed E-state index contributed by atoms with van der Waals surface area (Å²) in [5.41, 5.74) is 0.158. The molecule has 2 aromatic heterocycles. The van der Waals surface area contributed by atoms with Crippen LogP contribution in [0.2, 0.25) is 0 Å². The van der Waals surface area contributed by atoms with Crippen LogP contribution in [-0.2, 0) is 11.3 Å². The zero-order chi connectivity index (χ0) is 19.4. The van der Waals surface area contributed by atoms with Gasteiger partial charge in [-0.2, -0.15) is 4.98 Å². The summed E-state index contributed by atoms with van der Waals surface area (Å²) in [6.45, 7) is 12.6. The number of carbonyl (C=O) groups is 1. The molecule has 8 heteroatoms. The van der Waals surface area contributed by atoms with Gasteiger partial charge in [-0.05, 0) is 13.8 Å². The molecule has 1 saturated heterocycles. The Balaban J connectivity index is 1.96. The second kappa shape index (κ2) is 8.30. The van der Waals surface area contributed by atoms with Gasteiger partial charge in [-0.25, -0.2) is 9.78 Å². The Bertz CT molecular complexity index is 900. The van der Waals surface area contributed by atoms with E-state index in [1.807, 2.05) is 13.0 Å². The minimum atomic E-state index is -0.617. The first-order chi connectivity index (χ1) is 13.1. The lowest BCUT2D eigenvalue weighted by Gasteiger charge is -2.34. The van der Waals surface area contributed by atoms with E-state index in [1.165, 1.54) is 12.4 Å². The zero-order valence-electron chi connectivity index (χ0n) is 15.8. The van der Waals surface area contributed by atoms with Crippen molar-refractivity contribution in [2.75, 3.05) is 44.2 Å². The number of hydrogen-bond donors (Lipinski definition) is 0. The van der Waals surface area contributed by atoms with Crippen molar-refractivity contribution in [3.8, 4) is 0 Å². The Morgan fingerprint density at radius 1 is 1.30 bits per heavy atom. The van der Waals surface area contributed by atoms with Crippen molar-refractivity contribution in [3.05, 3.63) is 40.8 Å². The fourth-order valence-electron chi connectivity index (χ4n) is 3.22. The molecule has 1 fully saturated rings. The van der Waals surface area contributed by atoms with E-state index < -0.39 is 11.4 Å². The summed E-state index contributed by atoms with van der Waals surface area (Å²) < 4.78 is 6.79. The summed E-state index contributed by atoms with van der Waals surface area (Å²) in [6, 6.07) is 0. The number of anilines is 1. The fraction of sp³-hybridized carbons (Fsp3) is 0.474. The molecule has 0 N–H and O–H groups in total. The topological polar surface area (TPSA) is 80.6 Å². The molecule has 8 nitrogen and oxygen atoms in total. The maximum Gasteiger partial charge on any atom is 0.343 e. The number of nitrogens with zero attached hydrogens (tertiary/aromatic N) is 5. The summed E-state index contributed by atoms with van der Waals surface area (Å²) in [4.78, 5) is 38.2. The third-order valence-corrected chi connectivity index (χ3v) is 4.68. The SMILES string of the molecule is C=CCN1CCN(c2ncc3c(=O)c(C(=O)OCC)cn(CC)c3n2)CC1.